The number of aryl methyl sites for hydroxylation is 2. The summed E-state index contributed by atoms with van der Waals surface area (Å²) in [7, 11) is -3.87. The molecule has 0 aliphatic rings. The van der Waals surface area contributed by atoms with Crippen LogP contribution in [0, 0.1) is 13.8 Å². The molecule has 146 valence electrons. The van der Waals surface area contributed by atoms with Gasteiger partial charge in [0.2, 0.25) is 0 Å². The quantitative estimate of drug-likeness (QED) is 0.634. The summed E-state index contributed by atoms with van der Waals surface area (Å²) in [5.74, 6) is 0.222. The molecule has 3 aromatic rings. The maximum Gasteiger partial charge on any atom is 0.261 e. The maximum absolute atomic E-state index is 12.6. The van der Waals surface area contributed by atoms with Crippen LogP contribution in [0.5, 0.6) is 0 Å². The van der Waals surface area contributed by atoms with Crippen molar-refractivity contribution in [2.24, 2.45) is 0 Å². The van der Waals surface area contributed by atoms with E-state index in [0.717, 1.165) is 5.56 Å². The van der Waals surface area contributed by atoms with Gasteiger partial charge in [-0.25, -0.2) is 8.42 Å². The average molecular weight is 420 g/mol. The minimum atomic E-state index is -3.87. The molecule has 0 atom stereocenters. The van der Waals surface area contributed by atoms with Gasteiger partial charge in [-0.05, 0) is 50.2 Å². The predicted octanol–water partition coefficient (Wildman–Crippen LogP) is 3.68. The second kappa shape index (κ2) is 8.04. The molecule has 1 amide bonds. The highest BCUT2D eigenvalue weighted by molar-refractivity contribution is 7.92. The number of anilines is 1. The summed E-state index contributed by atoms with van der Waals surface area (Å²) in [4.78, 5) is 12.4. The van der Waals surface area contributed by atoms with Crippen molar-refractivity contribution in [3.8, 4) is 0 Å². The lowest BCUT2D eigenvalue weighted by molar-refractivity contribution is 0.0950. The first-order valence-electron chi connectivity index (χ1n) is 8.34. The average Bonchev–Trinajstić information content (AvgIpc) is 2.97. The van der Waals surface area contributed by atoms with Crippen molar-refractivity contribution in [3.63, 3.8) is 0 Å². The monoisotopic (exact) mass is 419 g/mol. The number of aromatic nitrogens is 1. The van der Waals surface area contributed by atoms with Gasteiger partial charge in [0.15, 0.2) is 0 Å². The Morgan fingerprint density at radius 1 is 1.14 bits per heavy atom. The fraction of sp³-hybridized carbons (Fsp3) is 0.158. The summed E-state index contributed by atoms with van der Waals surface area (Å²) in [6.07, 6.45) is 0. The van der Waals surface area contributed by atoms with E-state index >= 15 is 0 Å². The molecule has 3 rings (SSSR count). The lowest BCUT2D eigenvalue weighted by Gasteiger charge is -2.10. The Morgan fingerprint density at radius 2 is 1.89 bits per heavy atom. The predicted molar refractivity (Wildman–Crippen MR) is 106 cm³/mol. The number of benzene rings is 2. The largest absolute Gasteiger partial charge is 0.361 e. The molecule has 1 heterocycles. The number of carbonyl (C=O) groups is 1. The zero-order chi connectivity index (χ0) is 20.3. The summed E-state index contributed by atoms with van der Waals surface area (Å²) < 4.78 is 32.7. The van der Waals surface area contributed by atoms with E-state index in [1.54, 1.807) is 38.1 Å². The summed E-state index contributed by atoms with van der Waals surface area (Å²) >= 11 is 5.89. The van der Waals surface area contributed by atoms with E-state index in [2.05, 4.69) is 15.2 Å². The van der Waals surface area contributed by atoms with Crippen LogP contribution in [0.2, 0.25) is 5.02 Å². The lowest BCUT2D eigenvalue weighted by atomic mass is 10.2. The Labute approximate surface area is 167 Å². The van der Waals surface area contributed by atoms with Crippen LogP contribution in [0.4, 0.5) is 5.69 Å². The fourth-order valence-corrected chi connectivity index (χ4v) is 3.88. The van der Waals surface area contributed by atoms with Crippen LogP contribution in [-0.4, -0.2) is 19.5 Å². The highest BCUT2D eigenvalue weighted by atomic mass is 35.5. The Kier molecular flexibility index (Phi) is 5.71. The molecule has 0 spiro atoms. The van der Waals surface area contributed by atoms with Gasteiger partial charge in [0.05, 0.1) is 16.3 Å². The van der Waals surface area contributed by atoms with Crippen molar-refractivity contribution in [1.29, 1.82) is 0 Å². The number of nitrogens with zero attached hydrogens (tertiary/aromatic N) is 1. The molecule has 0 saturated carbocycles. The summed E-state index contributed by atoms with van der Waals surface area (Å²) in [5, 5.41) is 6.99. The number of nitrogens with one attached hydrogen (secondary N) is 2. The lowest BCUT2D eigenvalue weighted by Crippen LogP contribution is -2.24. The van der Waals surface area contributed by atoms with Crippen LogP contribution in [-0.2, 0) is 16.6 Å². The summed E-state index contributed by atoms with van der Waals surface area (Å²) in [6.45, 7) is 3.78. The molecule has 0 aliphatic carbocycles. The molecule has 0 fully saturated rings. The number of hydrogen-bond acceptors (Lipinski definition) is 5. The van der Waals surface area contributed by atoms with Gasteiger partial charge in [-0.2, -0.15) is 0 Å². The van der Waals surface area contributed by atoms with Gasteiger partial charge in [-0.1, -0.05) is 28.9 Å². The smallest absolute Gasteiger partial charge is 0.261 e. The third-order valence-electron chi connectivity index (χ3n) is 4.09. The Balaban J connectivity index is 1.76. The second-order valence-corrected chi connectivity index (χ2v) is 8.25. The molecule has 0 unspecified atom stereocenters. The van der Waals surface area contributed by atoms with Crippen molar-refractivity contribution in [2.45, 2.75) is 25.3 Å². The Hall–Kier alpha value is -2.84. The molecule has 0 saturated heterocycles. The van der Waals surface area contributed by atoms with Gasteiger partial charge in [0, 0.05) is 22.7 Å². The summed E-state index contributed by atoms with van der Waals surface area (Å²) in [5.41, 5.74) is 2.04. The van der Waals surface area contributed by atoms with E-state index in [0.29, 0.717) is 22.2 Å². The number of hydrogen-bond donors (Lipinski definition) is 2. The molecule has 2 N–H and O–H groups in total. The van der Waals surface area contributed by atoms with Crippen LogP contribution in [0.25, 0.3) is 0 Å². The highest BCUT2D eigenvalue weighted by Gasteiger charge is 2.17. The van der Waals surface area contributed by atoms with Crippen molar-refractivity contribution in [2.75, 3.05) is 4.72 Å². The third kappa shape index (κ3) is 4.52. The Morgan fingerprint density at radius 3 is 2.57 bits per heavy atom. The molecular weight excluding hydrogens is 402 g/mol. The number of amides is 1. The van der Waals surface area contributed by atoms with Crippen molar-refractivity contribution in [3.05, 3.63) is 76.1 Å². The molecule has 0 radical (unpaired) electrons. The van der Waals surface area contributed by atoms with Gasteiger partial charge in [-0.15, -0.1) is 0 Å². The highest BCUT2D eigenvalue weighted by Crippen LogP contribution is 2.20. The van der Waals surface area contributed by atoms with Crippen LogP contribution >= 0.6 is 11.6 Å². The molecule has 28 heavy (non-hydrogen) atoms. The normalized spacial score (nSPS) is 11.2. The third-order valence-corrected chi connectivity index (χ3v) is 5.70. The first-order chi connectivity index (χ1) is 13.3. The summed E-state index contributed by atoms with van der Waals surface area (Å²) in [6, 6.07) is 12.1. The van der Waals surface area contributed by atoms with E-state index in [1.807, 2.05) is 0 Å². The SMILES string of the molecule is Cc1noc(C)c1CNC(=O)c1cccc(S(=O)(=O)Nc2cccc(Cl)c2)c1. The molecular formula is C19H18ClN3O4S. The maximum atomic E-state index is 12.6. The number of sulfonamides is 1. The van der Waals surface area contributed by atoms with Crippen molar-refractivity contribution in [1.82, 2.24) is 10.5 Å². The molecule has 0 aliphatic heterocycles. The van der Waals surface area contributed by atoms with Crippen LogP contribution in [0.3, 0.4) is 0 Å². The van der Waals surface area contributed by atoms with Gasteiger partial charge < -0.3 is 9.84 Å². The molecule has 1 aromatic heterocycles. The topological polar surface area (TPSA) is 101 Å². The number of rotatable bonds is 6. The van der Waals surface area contributed by atoms with Crippen LogP contribution in [0.15, 0.2) is 57.9 Å². The van der Waals surface area contributed by atoms with Crippen molar-refractivity contribution >= 4 is 33.2 Å². The van der Waals surface area contributed by atoms with Gasteiger partial charge in [-0.3, -0.25) is 9.52 Å². The minimum Gasteiger partial charge on any atom is -0.361 e. The first-order valence-corrected chi connectivity index (χ1v) is 10.2. The van der Waals surface area contributed by atoms with Gasteiger partial charge in [0.25, 0.3) is 15.9 Å². The molecule has 2 aromatic carbocycles. The number of carbonyl (C=O) groups excluding carboxylic acids is 1. The van der Waals surface area contributed by atoms with Gasteiger partial charge in [0.1, 0.15) is 5.76 Å². The van der Waals surface area contributed by atoms with Crippen molar-refractivity contribution < 1.29 is 17.7 Å². The van der Waals surface area contributed by atoms with E-state index in [1.165, 1.54) is 24.3 Å². The van der Waals surface area contributed by atoms with Crippen LogP contribution < -0.4 is 10.0 Å². The standard InChI is InChI=1S/C19H18ClN3O4S/c1-12-18(13(2)27-22-12)11-21-19(24)14-5-3-8-17(9-14)28(25,26)23-16-7-4-6-15(20)10-16/h3-10,23H,11H2,1-2H3,(H,21,24). The molecule has 7 nitrogen and oxygen atoms in total. The van der Waals surface area contributed by atoms with E-state index in [4.69, 9.17) is 16.1 Å². The first kappa shape index (κ1) is 19.9. The zero-order valence-electron chi connectivity index (χ0n) is 15.2. The minimum absolute atomic E-state index is 0.0301. The Bertz CT molecular complexity index is 1110. The molecule has 0 bridgehead atoms. The molecule has 9 heteroatoms. The van der Waals surface area contributed by atoms with Crippen LogP contribution in [0.1, 0.15) is 27.4 Å². The van der Waals surface area contributed by atoms with Gasteiger partial charge >= 0.3 is 0 Å². The zero-order valence-corrected chi connectivity index (χ0v) is 16.8. The van der Waals surface area contributed by atoms with E-state index in [9.17, 15) is 13.2 Å². The van der Waals surface area contributed by atoms with E-state index < -0.39 is 15.9 Å². The van der Waals surface area contributed by atoms with E-state index in [-0.39, 0.29) is 17.0 Å². The second-order valence-electron chi connectivity index (χ2n) is 6.13. The number of halogens is 1. The fourth-order valence-electron chi connectivity index (χ4n) is 2.60.